The summed E-state index contributed by atoms with van der Waals surface area (Å²) in [7, 11) is 0. The van der Waals surface area contributed by atoms with E-state index in [1.807, 2.05) is 18.2 Å². The Morgan fingerprint density at radius 3 is 2.69 bits per heavy atom. The highest BCUT2D eigenvalue weighted by atomic mass is 79.9. The van der Waals surface area contributed by atoms with Crippen LogP contribution in [-0.4, -0.2) is 6.29 Å². The predicted octanol–water partition coefficient (Wildman–Crippen LogP) is 3.33. The molecule has 0 N–H and O–H groups in total. The average Bonchev–Trinajstić information content (AvgIpc) is 2.90. The number of hydrogen-bond acceptors (Lipinski definition) is 1. The third-order valence-corrected chi connectivity index (χ3v) is 3.41. The van der Waals surface area contributed by atoms with E-state index in [1.165, 1.54) is 0 Å². The third-order valence-electron chi connectivity index (χ3n) is 2.48. The number of halogens is 2. The molecule has 0 aromatic heterocycles. The minimum atomic E-state index is -0.246. The molecule has 1 nitrogen and oxygen atoms in total. The Kier molecular flexibility index (Phi) is 2.20. The molecule has 0 aliphatic heterocycles. The van der Waals surface area contributed by atoms with Crippen LogP contribution in [0.4, 0.5) is 0 Å². The number of rotatable bonds is 2. The highest BCUT2D eigenvalue weighted by Crippen LogP contribution is 2.49. The maximum atomic E-state index is 10.9. The average molecular weight is 260 g/mol. The molecule has 0 atom stereocenters. The number of carbonyl (C=O) groups is 1. The van der Waals surface area contributed by atoms with Crippen LogP contribution in [0.5, 0.6) is 0 Å². The largest absolute Gasteiger partial charge is 0.302 e. The van der Waals surface area contributed by atoms with E-state index >= 15 is 0 Å². The second-order valence-electron chi connectivity index (χ2n) is 3.40. The normalized spacial score (nSPS) is 18.3. The first-order chi connectivity index (χ1) is 6.18. The Morgan fingerprint density at radius 2 is 2.15 bits per heavy atom. The molecule has 2 rings (SSSR count). The minimum absolute atomic E-state index is 0.246. The highest BCUT2D eigenvalue weighted by molar-refractivity contribution is 9.10. The maximum absolute atomic E-state index is 10.9. The molecular formula is C10H8BrClO. The summed E-state index contributed by atoms with van der Waals surface area (Å²) in [6.07, 6.45) is 2.91. The molecule has 1 aliphatic carbocycles. The molecule has 1 aromatic carbocycles. The summed E-state index contributed by atoms with van der Waals surface area (Å²) in [6, 6.07) is 5.57. The zero-order valence-electron chi connectivity index (χ0n) is 6.89. The van der Waals surface area contributed by atoms with E-state index < -0.39 is 0 Å². The molecule has 1 aromatic rings. The number of carbonyl (C=O) groups excluding carboxylic acids is 1. The van der Waals surface area contributed by atoms with Crippen LogP contribution in [0.25, 0.3) is 0 Å². The molecule has 0 saturated heterocycles. The summed E-state index contributed by atoms with van der Waals surface area (Å²) < 4.78 is 0.974. The Hall–Kier alpha value is -0.340. The second kappa shape index (κ2) is 3.10. The van der Waals surface area contributed by atoms with Crippen LogP contribution in [0.3, 0.4) is 0 Å². The van der Waals surface area contributed by atoms with Gasteiger partial charge in [-0.15, -0.1) is 0 Å². The lowest BCUT2D eigenvalue weighted by Gasteiger charge is -2.09. The van der Waals surface area contributed by atoms with E-state index in [2.05, 4.69) is 15.9 Å². The fraction of sp³-hybridized carbons (Fsp3) is 0.300. The summed E-state index contributed by atoms with van der Waals surface area (Å²) >= 11 is 9.30. The lowest BCUT2D eigenvalue weighted by atomic mass is 9.98. The van der Waals surface area contributed by atoms with Crippen molar-refractivity contribution < 1.29 is 4.79 Å². The van der Waals surface area contributed by atoms with E-state index in [0.29, 0.717) is 5.02 Å². The van der Waals surface area contributed by atoms with Gasteiger partial charge in [0.2, 0.25) is 0 Å². The first kappa shape index (κ1) is 9.22. The molecule has 3 heteroatoms. The van der Waals surface area contributed by atoms with Crippen LogP contribution in [0.15, 0.2) is 22.7 Å². The molecule has 0 amide bonds. The van der Waals surface area contributed by atoms with Crippen molar-refractivity contribution >= 4 is 33.8 Å². The van der Waals surface area contributed by atoms with Gasteiger partial charge in [-0.3, -0.25) is 0 Å². The Bertz CT molecular complexity index is 358. The van der Waals surface area contributed by atoms with Crippen LogP contribution >= 0.6 is 27.5 Å². The van der Waals surface area contributed by atoms with Gasteiger partial charge in [0.1, 0.15) is 6.29 Å². The number of benzene rings is 1. The molecule has 0 heterocycles. The predicted molar refractivity (Wildman–Crippen MR) is 56.1 cm³/mol. The maximum Gasteiger partial charge on any atom is 0.130 e. The van der Waals surface area contributed by atoms with Crippen LogP contribution in [0.1, 0.15) is 18.4 Å². The molecule has 68 valence electrons. The smallest absolute Gasteiger partial charge is 0.130 e. The summed E-state index contributed by atoms with van der Waals surface area (Å²) in [6.45, 7) is 0. The molecule has 0 bridgehead atoms. The quantitative estimate of drug-likeness (QED) is 0.745. The molecule has 1 fully saturated rings. The number of aldehydes is 1. The monoisotopic (exact) mass is 258 g/mol. The number of hydrogen-bond donors (Lipinski definition) is 0. The summed E-state index contributed by atoms with van der Waals surface area (Å²) in [4.78, 5) is 10.9. The van der Waals surface area contributed by atoms with Crippen LogP contribution in [0.2, 0.25) is 5.02 Å². The Labute approximate surface area is 90.2 Å². The van der Waals surface area contributed by atoms with Gasteiger partial charge >= 0.3 is 0 Å². The van der Waals surface area contributed by atoms with E-state index in [-0.39, 0.29) is 5.41 Å². The van der Waals surface area contributed by atoms with Crippen LogP contribution in [-0.2, 0) is 10.2 Å². The molecule has 0 unspecified atom stereocenters. The van der Waals surface area contributed by atoms with E-state index in [4.69, 9.17) is 11.6 Å². The molecule has 1 saturated carbocycles. The van der Waals surface area contributed by atoms with Gasteiger partial charge in [0.05, 0.1) is 5.41 Å². The molecule has 0 spiro atoms. The van der Waals surface area contributed by atoms with Gasteiger partial charge < -0.3 is 4.79 Å². The van der Waals surface area contributed by atoms with Gasteiger partial charge in [-0.25, -0.2) is 0 Å². The van der Waals surface area contributed by atoms with Crippen LogP contribution < -0.4 is 0 Å². The van der Waals surface area contributed by atoms with Gasteiger partial charge in [-0.2, -0.15) is 0 Å². The lowest BCUT2D eigenvalue weighted by Crippen LogP contribution is -2.08. The lowest BCUT2D eigenvalue weighted by molar-refractivity contribution is -0.109. The van der Waals surface area contributed by atoms with Crippen molar-refractivity contribution in [1.82, 2.24) is 0 Å². The summed E-state index contributed by atoms with van der Waals surface area (Å²) in [5.74, 6) is 0. The van der Waals surface area contributed by atoms with Gasteiger partial charge in [0.15, 0.2) is 0 Å². The minimum Gasteiger partial charge on any atom is -0.302 e. The molecule has 13 heavy (non-hydrogen) atoms. The van der Waals surface area contributed by atoms with E-state index in [1.54, 1.807) is 0 Å². The molecule has 1 aliphatic rings. The third kappa shape index (κ3) is 1.53. The van der Waals surface area contributed by atoms with Crippen molar-refractivity contribution in [2.45, 2.75) is 18.3 Å². The SMILES string of the molecule is O=CC1(c2cc(Cl)ccc2Br)CC1. The second-order valence-corrected chi connectivity index (χ2v) is 4.69. The van der Waals surface area contributed by atoms with E-state index in [9.17, 15) is 4.79 Å². The first-order valence-electron chi connectivity index (χ1n) is 4.10. The zero-order valence-corrected chi connectivity index (χ0v) is 9.23. The van der Waals surface area contributed by atoms with Crippen molar-refractivity contribution in [1.29, 1.82) is 0 Å². The van der Waals surface area contributed by atoms with Crippen molar-refractivity contribution in [3.8, 4) is 0 Å². The summed E-state index contributed by atoms with van der Waals surface area (Å²) in [5, 5.41) is 0.686. The van der Waals surface area contributed by atoms with Gasteiger partial charge in [0.25, 0.3) is 0 Å². The van der Waals surface area contributed by atoms with Crippen molar-refractivity contribution in [2.75, 3.05) is 0 Å². The fourth-order valence-electron chi connectivity index (χ4n) is 1.46. The summed E-state index contributed by atoms with van der Waals surface area (Å²) in [5.41, 5.74) is 0.777. The zero-order chi connectivity index (χ0) is 9.47. The standard InChI is InChI=1S/C10H8BrClO/c11-9-2-1-7(12)5-8(9)10(6-13)3-4-10/h1-2,5-6H,3-4H2. The van der Waals surface area contributed by atoms with Gasteiger partial charge in [-0.05, 0) is 36.6 Å². The van der Waals surface area contributed by atoms with Crippen molar-refractivity contribution in [3.63, 3.8) is 0 Å². The van der Waals surface area contributed by atoms with Crippen molar-refractivity contribution in [2.24, 2.45) is 0 Å². The van der Waals surface area contributed by atoms with Crippen molar-refractivity contribution in [3.05, 3.63) is 33.3 Å². The first-order valence-corrected chi connectivity index (χ1v) is 5.27. The highest BCUT2D eigenvalue weighted by Gasteiger charge is 2.45. The van der Waals surface area contributed by atoms with E-state index in [0.717, 1.165) is 29.2 Å². The van der Waals surface area contributed by atoms with Gasteiger partial charge in [-0.1, -0.05) is 27.5 Å². The fourth-order valence-corrected chi connectivity index (χ4v) is 2.28. The van der Waals surface area contributed by atoms with Gasteiger partial charge in [0, 0.05) is 9.50 Å². The molecule has 0 radical (unpaired) electrons. The van der Waals surface area contributed by atoms with Crippen LogP contribution in [0, 0.1) is 0 Å². The topological polar surface area (TPSA) is 17.1 Å². The Balaban J connectivity index is 2.50. The Morgan fingerprint density at radius 1 is 1.46 bits per heavy atom. The molecular weight excluding hydrogens is 251 g/mol.